The van der Waals surface area contributed by atoms with Gasteiger partial charge in [-0.15, -0.1) is 0 Å². The molecule has 2 rings (SSSR count). The summed E-state index contributed by atoms with van der Waals surface area (Å²) in [5.41, 5.74) is 2.58. The quantitative estimate of drug-likeness (QED) is 0.856. The van der Waals surface area contributed by atoms with Gasteiger partial charge in [0.25, 0.3) is 0 Å². The standard InChI is InChI=1S/C16H26N2/c1-18(2)16-13-9-8-12-15(16)17-14-10-6-4-3-5-7-11-14/h8-9,12-14,17H,3-7,10-11H2,1-2H3. The van der Waals surface area contributed by atoms with Crippen molar-refractivity contribution in [1.82, 2.24) is 0 Å². The molecule has 0 heterocycles. The molecule has 1 N–H and O–H groups in total. The SMILES string of the molecule is CN(C)c1ccccc1NC1CCCCCCC1. The number of benzene rings is 1. The molecule has 1 aromatic rings. The summed E-state index contributed by atoms with van der Waals surface area (Å²) in [7, 11) is 4.22. The van der Waals surface area contributed by atoms with Crippen LogP contribution >= 0.6 is 0 Å². The van der Waals surface area contributed by atoms with Gasteiger partial charge in [-0.1, -0.05) is 44.2 Å². The number of anilines is 2. The highest BCUT2D eigenvalue weighted by Gasteiger charge is 2.13. The molecule has 0 aromatic heterocycles. The highest BCUT2D eigenvalue weighted by atomic mass is 15.1. The van der Waals surface area contributed by atoms with Crippen molar-refractivity contribution in [3.8, 4) is 0 Å². The van der Waals surface area contributed by atoms with Crippen molar-refractivity contribution in [1.29, 1.82) is 0 Å². The minimum absolute atomic E-state index is 0.659. The molecule has 1 fully saturated rings. The van der Waals surface area contributed by atoms with Gasteiger partial charge in [0, 0.05) is 20.1 Å². The van der Waals surface area contributed by atoms with Gasteiger partial charge in [-0.3, -0.25) is 0 Å². The zero-order chi connectivity index (χ0) is 12.8. The highest BCUT2D eigenvalue weighted by Crippen LogP contribution is 2.27. The van der Waals surface area contributed by atoms with Crippen molar-refractivity contribution in [3.63, 3.8) is 0 Å². The van der Waals surface area contributed by atoms with Crippen LogP contribution in [0.2, 0.25) is 0 Å². The van der Waals surface area contributed by atoms with Crippen LogP contribution in [-0.4, -0.2) is 20.1 Å². The van der Waals surface area contributed by atoms with Crippen LogP contribution in [0.25, 0.3) is 0 Å². The van der Waals surface area contributed by atoms with Crippen molar-refractivity contribution in [2.45, 2.75) is 51.0 Å². The number of nitrogens with one attached hydrogen (secondary N) is 1. The molecule has 1 saturated carbocycles. The summed E-state index contributed by atoms with van der Waals surface area (Å²) < 4.78 is 0. The van der Waals surface area contributed by atoms with E-state index in [9.17, 15) is 0 Å². The zero-order valence-electron chi connectivity index (χ0n) is 11.8. The lowest BCUT2D eigenvalue weighted by Crippen LogP contribution is -2.22. The molecular weight excluding hydrogens is 220 g/mol. The molecule has 2 nitrogen and oxygen atoms in total. The van der Waals surface area contributed by atoms with Crippen molar-refractivity contribution in [2.75, 3.05) is 24.3 Å². The molecule has 0 unspecified atom stereocenters. The topological polar surface area (TPSA) is 15.3 Å². The van der Waals surface area contributed by atoms with E-state index in [1.54, 1.807) is 0 Å². The third-order valence-electron chi connectivity index (χ3n) is 3.85. The Morgan fingerprint density at radius 1 is 0.944 bits per heavy atom. The average Bonchev–Trinajstić information content (AvgIpc) is 2.33. The second-order valence-electron chi connectivity index (χ2n) is 5.60. The monoisotopic (exact) mass is 246 g/mol. The molecule has 0 bridgehead atoms. The Balaban J connectivity index is 2.02. The average molecular weight is 246 g/mol. The Hall–Kier alpha value is -1.18. The summed E-state index contributed by atoms with van der Waals surface area (Å²) in [4.78, 5) is 2.19. The van der Waals surface area contributed by atoms with Crippen LogP contribution in [0, 0.1) is 0 Å². The fourth-order valence-corrected chi connectivity index (χ4v) is 2.81. The second kappa shape index (κ2) is 6.67. The number of para-hydroxylation sites is 2. The van der Waals surface area contributed by atoms with Gasteiger partial charge < -0.3 is 10.2 Å². The minimum Gasteiger partial charge on any atom is -0.381 e. The summed E-state index contributed by atoms with van der Waals surface area (Å²) >= 11 is 0. The molecule has 18 heavy (non-hydrogen) atoms. The van der Waals surface area contributed by atoms with Crippen molar-refractivity contribution in [2.24, 2.45) is 0 Å². The molecule has 100 valence electrons. The normalized spacial score (nSPS) is 17.9. The van der Waals surface area contributed by atoms with Crippen LogP contribution in [-0.2, 0) is 0 Å². The van der Waals surface area contributed by atoms with E-state index in [0.717, 1.165) is 0 Å². The van der Waals surface area contributed by atoms with Gasteiger partial charge in [-0.25, -0.2) is 0 Å². The molecule has 0 spiro atoms. The number of nitrogens with zero attached hydrogens (tertiary/aromatic N) is 1. The lowest BCUT2D eigenvalue weighted by Gasteiger charge is -2.25. The van der Waals surface area contributed by atoms with E-state index < -0.39 is 0 Å². The summed E-state index contributed by atoms with van der Waals surface area (Å²) in [5.74, 6) is 0. The van der Waals surface area contributed by atoms with Crippen LogP contribution in [0.15, 0.2) is 24.3 Å². The maximum absolute atomic E-state index is 3.76. The van der Waals surface area contributed by atoms with Crippen LogP contribution in [0.1, 0.15) is 44.9 Å². The Bertz CT molecular complexity index is 352. The van der Waals surface area contributed by atoms with Crippen molar-refractivity contribution in [3.05, 3.63) is 24.3 Å². The Morgan fingerprint density at radius 3 is 2.22 bits per heavy atom. The Kier molecular flexibility index (Phi) is 4.91. The molecule has 0 aliphatic heterocycles. The third kappa shape index (κ3) is 3.66. The van der Waals surface area contributed by atoms with Crippen LogP contribution in [0.4, 0.5) is 11.4 Å². The minimum atomic E-state index is 0.659. The fraction of sp³-hybridized carbons (Fsp3) is 0.625. The molecule has 0 amide bonds. The number of rotatable bonds is 3. The van der Waals surface area contributed by atoms with E-state index in [0.29, 0.717) is 6.04 Å². The Labute approximate surface area is 111 Å². The predicted molar refractivity (Wildman–Crippen MR) is 80.5 cm³/mol. The zero-order valence-corrected chi connectivity index (χ0v) is 11.8. The first-order valence-electron chi connectivity index (χ1n) is 7.30. The van der Waals surface area contributed by atoms with Crippen LogP contribution in [0.5, 0.6) is 0 Å². The van der Waals surface area contributed by atoms with Gasteiger partial charge in [0.15, 0.2) is 0 Å². The van der Waals surface area contributed by atoms with Gasteiger partial charge >= 0.3 is 0 Å². The van der Waals surface area contributed by atoms with Crippen molar-refractivity contribution < 1.29 is 0 Å². The molecular formula is C16H26N2. The number of hydrogen-bond donors (Lipinski definition) is 1. The molecule has 1 aliphatic carbocycles. The molecule has 1 aliphatic rings. The van der Waals surface area contributed by atoms with Gasteiger partial charge in [0.2, 0.25) is 0 Å². The first-order valence-corrected chi connectivity index (χ1v) is 7.30. The molecule has 0 atom stereocenters. The van der Waals surface area contributed by atoms with Crippen LogP contribution < -0.4 is 10.2 Å². The molecule has 1 aromatic carbocycles. The van der Waals surface area contributed by atoms with E-state index in [-0.39, 0.29) is 0 Å². The molecule has 2 heteroatoms. The van der Waals surface area contributed by atoms with E-state index in [4.69, 9.17) is 0 Å². The van der Waals surface area contributed by atoms with Gasteiger partial charge in [-0.05, 0) is 25.0 Å². The first kappa shape index (κ1) is 13.3. The lowest BCUT2D eigenvalue weighted by atomic mass is 9.96. The van der Waals surface area contributed by atoms with Gasteiger partial charge in [0.05, 0.1) is 11.4 Å². The smallest absolute Gasteiger partial charge is 0.0596 e. The largest absolute Gasteiger partial charge is 0.381 e. The lowest BCUT2D eigenvalue weighted by molar-refractivity contribution is 0.471. The highest BCUT2D eigenvalue weighted by molar-refractivity contribution is 5.69. The first-order chi connectivity index (χ1) is 8.77. The molecule has 0 radical (unpaired) electrons. The molecule has 0 saturated heterocycles. The summed E-state index contributed by atoms with van der Waals surface area (Å²) in [6, 6.07) is 9.28. The van der Waals surface area contributed by atoms with E-state index in [1.165, 1.54) is 56.3 Å². The number of hydrogen-bond acceptors (Lipinski definition) is 2. The maximum atomic E-state index is 3.76. The third-order valence-corrected chi connectivity index (χ3v) is 3.85. The van der Waals surface area contributed by atoms with Crippen molar-refractivity contribution >= 4 is 11.4 Å². The Morgan fingerprint density at radius 2 is 1.56 bits per heavy atom. The van der Waals surface area contributed by atoms with Crippen LogP contribution in [0.3, 0.4) is 0 Å². The predicted octanol–water partition coefficient (Wildman–Crippen LogP) is 4.28. The van der Waals surface area contributed by atoms with Gasteiger partial charge in [0.1, 0.15) is 0 Å². The van der Waals surface area contributed by atoms with E-state index >= 15 is 0 Å². The second-order valence-corrected chi connectivity index (χ2v) is 5.60. The van der Waals surface area contributed by atoms with E-state index in [1.807, 2.05) is 0 Å². The van der Waals surface area contributed by atoms with E-state index in [2.05, 4.69) is 48.6 Å². The fourth-order valence-electron chi connectivity index (χ4n) is 2.81. The summed E-state index contributed by atoms with van der Waals surface area (Å²) in [6.07, 6.45) is 9.65. The maximum Gasteiger partial charge on any atom is 0.0596 e. The summed E-state index contributed by atoms with van der Waals surface area (Å²) in [5, 5.41) is 3.76. The summed E-state index contributed by atoms with van der Waals surface area (Å²) in [6.45, 7) is 0. The van der Waals surface area contributed by atoms with Gasteiger partial charge in [-0.2, -0.15) is 0 Å².